The van der Waals surface area contributed by atoms with E-state index in [9.17, 15) is 9.90 Å². The van der Waals surface area contributed by atoms with Crippen LogP contribution in [0, 0.1) is 0 Å². The van der Waals surface area contributed by atoms with E-state index in [0.717, 1.165) is 4.88 Å². The largest absolute Gasteiger partial charge is 0.476 e. The fourth-order valence-corrected chi connectivity index (χ4v) is 2.53. The maximum atomic E-state index is 11.2. The van der Waals surface area contributed by atoms with Crippen LogP contribution in [0.5, 0.6) is 0 Å². The molecule has 0 fully saturated rings. The summed E-state index contributed by atoms with van der Waals surface area (Å²) in [6.45, 7) is 0. The highest BCUT2D eigenvalue weighted by Gasteiger charge is 2.24. The summed E-state index contributed by atoms with van der Waals surface area (Å²) < 4.78 is 11.3. The number of hydrogen-bond acceptors (Lipinski definition) is 5. The van der Waals surface area contributed by atoms with Crippen molar-refractivity contribution in [2.24, 2.45) is 0 Å². The molecular weight excluding hydrogens is 334 g/mol. The van der Waals surface area contributed by atoms with E-state index in [1.807, 2.05) is 17.5 Å². The molecule has 0 aliphatic carbocycles. The zero-order valence-corrected chi connectivity index (χ0v) is 11.7. The van der Waals surface area contributed by atoms with Crippen molar-refractivity contribution in [1.82, 2.24) is 4.98 Å². The summed E-state index contributed by atoms with van der Waals surface area (Å²) in [4.78, 5) is 16.0. The van der Waals surface area contributed by atoms with E-state index in [0.29, 0.717) is 10.4 Å². The average molecular weight is 340 g/mol. The minimum Gasteiger partial charge on any atom is -0.476 e. The van der Waals surface area contributed by atoms with Crippen LogP contribution in [0.1, 0.15) is 10.5 Å². The van der Waals surface area contributed by atoms with Gasteiger partial charge in [-0.05, 0) is 39.5 Å². The Balaban J connectivity index is 2.15. The monoisotopic (exact) mass is 339 g/mol. The van der Waals surface area contributed by atoms with Gasteiger partial charge in [0.25, 0.3) is 0 Å². The Morgan fingerprint density at radius 1 is 1.32 bits per heavy atom. The third-order valence-corrected chi connectivity index (χ3v) is 3.64. The summed E-state index contributed by atoms with van der Waals surface area (Å²) in [5.41, 5.74) is -0.162. The first-order valence-corrected chi connectivity index (χ1v) is 6.86. The van der Waals surface area contributed by atoms with Crippen LogP contribution in [0.15, 0.2) is 43.1 Å². The molecule has 0 saturated carbocycles. The molecule has 3 aromatic heterocycles. The molecule has 19 heavy (non-hydrogen) atoms. The highest BCUT2D eigenvalue weighted by atomic mass is 79.9. The van der Waals surface area contributed by atoms with Gasteiger partial charge < -0.3 is 13.9 Å². The van der Waals surface area contributed by atoms with Gasteiger partial charge in [-0.2, -0.15) is 0 Å². The van der Waals surface area contributed by atoms with Crippen LogP contribution in [-0.4, -0.2) is 16.1 Å². The number of oxazole rings is 1. The molecule has 0 aliphatic heterocycles. The number of aromatic carboxylic acids is 1. The number of hydrogen-bond donors (Lipinski definition) is 1. The number of thiophene rings is 1. The summed E-state index contributed by atoms with van der Waals surface area (Å²) >= 11 is 4.58. The molecule has 0 saturated heterocycles. The zero-order valence-electron chi connectivity index (χ0n) is 9.29. The Bertz CT molecular complexity index is 729. The lowest BCUT2D eigenvalue weighted by molar-refractivity contribution is 0.0691. The third-order valence-electron chi connectivity index (χ3n) is 2.36. The van der Waals surface area contributed by atoms with E-state index in [2.05, 4.69) is 20.9 Å². The maximum absolute atomic E-state index is 11.2. The van der Waals surface area contributed by atoms with Crippen LogP contribution in [0.2, 0.25) is 0 Å². The number of aromatic nitrogens is 1. The van der Waals surface area contributed by atoms with Crippen molar-refractivity contribution in [3.63, 3.8) is 0 Å². The number of rotatable bonds is 3. The summed E-state index contributed by atoms with van der Waals surface area (Å²) in [6, 6.07) is 6.93. The number of furan rings is 1. The predicted molar refractivity (Wildman–Crippen MR) is 72.2 cm³/mol. The molecule has 0 atom stereocenters. The molecule has 0 amide bonds. The molecule has 3 aromatic rings. The van der Waals surface area contributed by atoms with Crippen LogP contribution < -0.4 is 0 Å². The first kappa shape index (κ1) is 12.2. The quantitative estimate of drug-likeness (QED) is 0.776. The molecule has 96 valence electrons. The summed E-state index contributed by atoms with van der Waals surface area (Å²) in [5, 5.41) is 11.0. The molecule has 0 spiro atoms. The average Bonchev–Trinajstić information content (AvgIpc) is 3.07. The molecule has 1 N–H and O–H groups in total. The fraction of sp³-hybridized carbons (Fsp3) is 0. The lowest BCUT2D eigenvalue weighted by atomic mass is 10.3. The van der Waals surface area contributed by atoms with E-state index in [-0.39, 0.29) is 17.3 Å². The Hall–Kier alpha value is -1.86. The summed E-state index contributed by atoms with van der Waals surface area (Å²) in [5.74, 6) is -0.454. The molecule has 0 bridgehead atoms. The first-order valence-electron chi connectivity index (χ1n) is 5.19. The minimum atomic E-state index is -1.16. The number of carboxylic acids is 1. The van der Waals surface area contributed by atoms with Gasteiger partial charge in [0.15, 0.2) is 16.1 Å². The standard InChI is InChI=1S/C12H6BrNO4S/c13-8-4-3-6(17-8)10-9(12(15)16)14-11(18-10)7-2-1-5-19-7/h1-5H,(H,15,16). The number of nitrogens with zero attached hydrogens (tertiary/aromatic N) is 1. The normalized spacial score (nSPS) is 10.8. The van der Waals surface area contributed by atoms with E-state index in [1.165, 1.54) is 11.3 Å². The molecule has 3 rings (SSSR count). The van der Waals surface area contributed by atoms with Gasteiger partial charge in [0.05, 0.1) is 4.88 Å². The molecule has 7 heteroatoms. The molecule has 0 aliphatic rings. The number of carbonyl (C=O) groups is 1. The lowest BCUT2D eigenvalue weighted by Gasteiger charge is -1.91. The second-order valence-electron chi connectivity index (χ2n) is 3.58. The van der Waals surface area contributed by atoms with Gasteiger partial charge in [-0.3, -0.25) is 0 Å². The van der Waals surface area contributed by atoms with Gasteiger partial charge in [-0.25, -0.2) is 9.78 Å². The Morgan fingerprint density at radius 3 is 2.74 bits per heavy atom. The minimum absolute atomic E-state index is 0.113. The third kappa shape index (κ3) is 2.22. The van der Waals surface area contributed by atoms with Crippen molar-refractivity contribution >= 4 is 33.2 Å². The van der Waals surface area contributed by atoms with Crippen molar-refractivity contribution in [2.45, 2.75) is 0 Å². The van der Waals surface area contributed by atoms with E-state index in [4.69, 9.17) is 8.83 Å². The highest BCUT2D eigenvalue weighted by molar-refractivity contribution is 9.10. The first-order chi connectivity index (χ1) is 9.15. The van der Waals surface area contributed by atoms with Crippen LogP contribution in [0.4, 0.5) is 0 Å². The molecule has 0 unspecified atom stereocenters. The van der Waals surface area contributed by atoms with Crippen molar-refractivity contribution in [3.05, 3.63) is 40.0 Å². The summed E-state index contributed by atoms with van der Waals surface area (Å²) in [7, 11) is 0. The fourth-order valence-electron chi connectivity index (χ4n) is 1.57. The Kier molecular flexibility index (Phi) is 3.00. The van der Waals surface area contributed by atoms with Crippen LogP contribution in [-0.2, 0) is 0 Å². The van der Waals surface area contributed by atoms with Crippen molar-refractivity contribution in [2.75, 3.05) is 0 Å². The van der Waals surface area contributed by atoms with Gasteiger partial charge in [-0.15, -0.1) is 11.3 Å². The smallest absolute Gasteiger partial charge is 0.358 e. The van der Waals surface area contributed by atoms with Gasteiger partial charge in [0, 0.05) is 0 Å². The highest BCUT2D eigenvalue weighted by Crippen LogP contribution is 2.33. The Morgan fingerprint density at radius 2 is 2.16 bits per heavy atom. The molecule has 3 heterocycles. The Labute approximate surface area is 119 Å². The number of carboxylic acid groups (broad SMARTS) is 1. The van der Waals surface area contributed by atoms with Crippen molar-refractivity contribution in [3.8, 4) is 22.3 Å². The van der Waals surface area contributed by atoms with E-state index in [1.54, 1.807) is 12.1 Å². The van der Waals surface area contributed by atoms with Gasteiger partial charge >= 0.3 is 5.97 Å². The summed E-state index contributed by atoms with van der Waals surface area (Å²) in [6.07, 6.45) is 0. The predicted octanol–water partition coefficient (Wildman–Crippen LogP) is 4.12. The SMILES string of the molecule is O=C(O)c1nc(-c2cccs2)oc1-c1ccc(Br)o1. The molecule has 0 radical (unpaired) electrons. The van der Waals surface area contributed by atoms with Crippen molar-refractivity contribution < 1.29 is 18.7 Å². The van der Waals surface area contributed by atoms with Crippen LogP contribution in [0.3, 0.4) is 0 Å². The van der Waals surface area contributed by atoms with Gasteiger partial charge in [-0.1, -0.05) is 6.07 Å². The van der Waals surface area contributed by atoms with Gasteiger partial charge in [0.2, 0.25) is 11.7 Å². The molecular formula is C12H6BrNO4S. The van der Waals surface area contributed by atoms with E-state index >= 15 is 0 Å². The second kappa shape index (κ2) is 4.67. The zero-order chi connectivity index (χ0) is 13.4. The van der Waals surface area contributed by atoms with Crippen LogP contribution in [0.25, 0.3) is 22.3 Å². The molecule has 0 aromatic carbocycles. The van der Waals surface area contributed by atoms with Crippen molar-refractivity contribution in [1.29, 1.82) is 0 Å². The number of halogens is 1. The van der Waals surface area contributed by atoms with E-state index < -0.39 is 5.97 Å². The maximum Gasteiger partial charge on any atom is 0.358 e. The second-order valence-corrected chi connectivity index (χ2v) is 5.31. The molecule has 5 nitrogen and oxygen atoms in total. The van der Waals surface area contributed by atoms with Gasteiger partial charge in [0.1, 0.15) is 0 Å². The lowest BCUT2D eigenvalue weighted by Crippen LogP contribution is -1.98. The van der Waals surface area contributed by atoms with Crippen LogP contribution >= 0.6 is 27.3 Å². The topological polar surface area (TPSA) is 76.5 Å².